The summed E-state index contributed by atoms with van der Waals surface area (Å²) < 4.78 is 14.9. The number of thiazole rings is 1. The topological polar surface area (TPSA) is 58.0 Å². The van der Waals surface area contributed by atoms with Crippen LogP contribution < -0.4 is 5.32 Å². The molecule has 4 nitrogen and oxygen atoms in total. The van der Waals surface area contributed by atoms with Crippen LogP contribution >= 0.6 is 11.3 Å². The van der Waals surface area contributed by atoms with Crippen molar-refractivity contribution in [2.24, 2.45) is 0 Å². The van der Waals surface area contributed by atoms with Crippen molar-refractivity contribution >= 4 is 48.2 Å². The van der Waals surface area contributed by atoms with E-state index in [9.17, 15) is 9.50 Å². The molecule has 0 amide bonds. The lowest BCUT2D eigenvalue weighted by Crippen LogP contribution is -2.28. The molecule has 0 radical (unpaired) electrons. The number of anilines is 1. The minimum atomic E-state index is -0.253. The summed E-state index contributed by atoms with van der Waals surface area (Å²) in [5.41, 5.74) is 0.905. The van der Waals surface area contributed by atoms with E-state index in [-0.39, 0.29) is 11.9 Å². The molecule has 0 spiro atoms. The molecule has 132 valence electrons. The number of fused-ring (bicyclic) bond motifs is 6. The molecule has 1 aliphatic rings. The fraction of sp³-hybridized carbons (Fsp3) is 0.300. The molecule has 1 aliphatic carbocycles. The molecule has 0 atom stereocenters. The van der Waals surface area contributed by atoms with Crippen LogP contribution in [0.2, 0.25) is 0 Å². The second kappa shape index (κ2) is 6.14. The fourth-order valence-electron chi connectivity index (χ4n) is 3.89. The maximum Gasteiger partial charge on any atom is 0.184 e. The van der Waals surface area contributed by atoms with E-state index in [1.165, 1.54) is 6.07 Å². The number of hydrogen-bond acceptors (Lipinski definition) is 5. The van der Waals surface area contributed by atoms with E-state index in [2.05, 4.69) is 10.3 Å². The largest absolute Gasteiger partial charge is 0.393 e. The first-order chi connectivity index (χ1) is 12.7. The fourth-order valence-corrected chi connectivity index (χ4v) is 4.99. The molecule has 4 aromatic rings. The summed E-state index contributed by atoms with van der Waals surface area (Å²) in [5.74, 6) is -0.253. The van der Waals surface area contributed by atoms with E-state index in [0.717, 1.165) is 62.6 Å². The van der Waals surface area contributed by atoms with Gasteiger partial charge in [0.1, 0.15) is 5.82 Å². The molecule has 2 aromatic heterocycles. The molecular weight excluding hydrogens is 349 g/mol. The van der Waals surface area contributed by atoms with E-state index < -0.39 is 0 Å². The molecule has 0 unspecified atom stereocenters. The van der Waals surface area contributed by atoms with Gasteiger partial charge in [0.25, 0.3) is 0 Å². The van der Waals surface area contributed by atoms with E-state index >= 15 is 0 Å². The highest BCUT2D eigenvalue weighted by molar-refractivity contribution is 7.23. The number of aliphatic hydroxyl groups excluding tert-OH is 1. The number of hydrogen-bond donors (Lipinski definition) is 2. The molecule has 1 fully saturated rings. The lowest BCUT2D eigenvalue weighted by Gasteiger charge is -2.25. The number of nitrogens with zero attached hydrogens (tertiary/aromatic N) is 2. The van der Waals surface area contributed by atoms with Crippen LogP contribution in [0.5, 0.6) is 0 Å². The molecule has 6 heteroatoms. The van der Waals surface area contributed by atoms with Crippen molar-refractivity contribution in [3.05, 3.63) is 42.5 Å². The Balaban J connectivity index is 1.67. The summed E-state index contributed by atoms with van der Waals surface area (Å²) in [5, 5.41) is 17.9. The summed E-state index contributed by atoms with van der Waals surface area (Å²) >= 11 is 1.63. The van der Waals surface area contributed by atoms with Gasteiger partial charge < -0.3 is 10.4 Å². The number of aliphatic hydroxyl groups is 1. The summed E-state index contributed by atoms with van der Waals surface area (Å²) in [6.07, 6.45) is 6.97. The zero-order valence-corrected chi connectivity index (χ0v) is 14.9. The van der Waals surface area contributed by atoms with Gasteiger partial charge in [0.2, 0.25) is 0 Å². The highest BCUT2D eigenvalue weighted by Crippen LogP contribution is 2.39. The Kier molecular flexibility index (Phi) is 3.76. The van der Waals surface area contributed by atoms with Gasteiger partial charge in [0.15, 0.2) is 5.13 Å². The number of aromatic nitrogens is 2. The zero-order valence-electron chi connectivity index (χ0n) is 14.1. The second-order valence-corrected chi connectivity index (χ2v) is 7.96. The van der Waals surface area contributed by atoms with Crippen molar-refractivity contribution in [2.75, 3.05) is 5.32 Å². The van der Waals surface area contributed by atoms with E-state index in [1.54, 1.807) is 35.9 Å². The van der Waals surface area contributed by atoms with Crippen molar-refractivity contribution < 1.29 is 9.50 Å². The Bertz CT molecular complexity index is 1120. The first kappa shape index (κ1) is 15.9. The molecule has 0 saturated heterocycles. The molecule has 1 saturated carbocycles. The Hall–Kier alpha value is -2.31. The first-order valence-electron chi connectivity index (χ1n) is 8.89. The quantitative estimate of drug-likeness (QED) is 0.497. The molecular formula is C20H18FN3OS. The van der Waals surface area contributed by atoms with Gasteiger partial charge in [-0.25, -0.2) is 9.37 Å². The Labute approximate surface area is 153 Å². The summed E-state index contributed by atoms with van der Waals surface area (Å²) in [7, 11) is 0. The SMILES string of the molecule is OC1CCC(Nc2nc3c4ccc(F)cc4c4cnccc4c3s2)CC1. The van der Waals surface area contributed by atoms with Crippen LogP contribution in [0.1, 0.15) is 25.7 Å². The van der Waals surface area contributed by atoms with Crippen LogP contribution in [0.25, 0.3) is 31.8 Å². The average Bonchev–Trinajstić information content (AvgIpc) is 3.08. The first-order valence-corrected chi connectivity index (χ1v) is 9.71. The lowest BCUT2D eigenvalue weighted by atomic mass is 9.93. The van der Waals surface area contributed by atoms with Crippen molar-refractivity contribution in [2.45, 2.75) is 37.8 Å². The number of benzene rings is 2. The van der Waals surface area contributed by atoms with Crippen molar-refractivity contribution in [3.63, 3.8) is 0 Å². The van der Waals surface area contributed by atoms with Crippen LogP contribution in [0.3, 0.4) is 0 Å². The molecule has 5 rings (SSSR count). The minimum Gasteiger partial charge on any atom is -0.393 e. The third kappa shape index (κ3) is 2.61. The van der Waals surface area contributed by atoms with Crippen molar-refractivity contribution in [1.82, 2.24) is 9.97 Å². The predicted molar refractivity (Wildman–Crippen MR) is 104 cm³/mol. The van der Waals surface area contributed by atoms with Crippen LogP contribution in [-0.2, 0) is 0 Å². The molecule has 26 heavy (non-hydrogen) atoms. The highest BCUT2D eigenvalue weighted by atomic mass is 32.1. The van der Waals surface area contributed by atoms with Crippen molar-refractivity contribution in [3.8, 4) is 0 Å². The van der Waals surface area contributed by atoms with E-state index in [4.69, 9.17) is 4.98 Å². The molecule has 2 heterocycles. The summed E-state index contributed by atoms with van der Waals surface area (Å²) in [6.45, 7) is 0. The van der Waals surface area contributed by atoms with Crippen LogP contribution in [0.4, 0.5) is 9.52 Å². The van der Waals surface area contributed by atoms with Crippen molar-refractivity contribution in [1.29, 1.82) is 0 Å². The van der Waals surface area contributed by atoms with E-state index in [0.29, 0.717) is 6.04 Å². The van der Waals surface area contributed by atoms with Gasteiger partial charge in [-0.3, -0.25) is 4.98 Å². The van der Waals surface area contributed by atoms with Gasteiger partial charge in [0.05, 0.1) is 16.3 Å². The third-order valence-corrected chi connectivity index (χ3v) is 6.26. The maximum atomic E-state index is 13.8. The Morgan fingerprint density at radius 2 is 1.88 bits per heavy atom. The zero-order chi connectivity index (χ0) is 17.7. The van der Waals surface area contributed by atoms with Gasteiger partial charge in [-0.05, 0) is 55.3 Å². The third-order valence-electron chi connectivity index (χ3n) is 5.24. The van der Waals surface area contributed by atoms with E-state index in [1.807, 2.05) is 6.07 Å². The van der Waals surface area contributed by atoms with Gasteiger partial charge in [-0.2, -0.15) is 0 Å². The highest BCUT2D eigenvalue weighted by Gasteiger charge is 2.21. The lowest BCUT2D eigenvalue weighted by molar-refractivity contribution is 0.126. The van der Waals surface area contributed by atoms with Crippen LogP contribution in [0, 0.1) is 5.82 Å². The summed E-state index contributed by atoms with van der Waals surface area (Å²) in [6, 6.07) is 7.17. The minimum absolute atomic E-state index is 0.168. The standard InChI is InChI=1S/C20H18FN3OS/c21-11-1-6-14-16(9-11)17-10-22-8-7-15(17)19-18(14)24-20(26-19)23-12-2-4-13(25)5-3-12/h1,6-10,12-13,25H,2-5H2,(H,23,24). The average molecular weight is 367 g/mol. The van der Waals surface area contributed by atoms with Crippen LogP contribution in [0.15, 0.2) is 36.7 Å². The monoisotopic (exact) mass is 367 g/mol. The second-order valence-electron chi connectivity index (χ2n) is 6.96. The van der Waals surface area contributed by atoms with Crippen LogP contribution in [-0.4, -0.2) is 27.2 Å². The molecule has 2 N–H and O–H groups in total. The Morgan fingerprint density at radius 3 is 2.73 bits per heavy atom. The van der Waals surface area contributed by atoms with Gasteiger partial charge in [-0.15, -0.1) is 0 Å². The number of rotatable bonds is 2. The number of nitrogens with one attached hydrogen (secondary N) is 1. The number of halogens is 1. The number of pyridine rings is 1. The normalized spacial score (nSPS) is 20.8. The smallest absolute Gasteiger partial charge is 0.184 e. The maximum absolute atomic E-state index is 13.8. The van der Waals surface area contributed by atoms with Gasteiger partial charge in [0, 0.05) is 34.6 Å². The van der Waals surface area contributed by atoms with Gasteiger partial charge >= 0.3 is 0 Å². The molecule has 0 aliphatic heterocycles. The predicted octanol–water partition coefficient (Wildman–Crippen LogP) is 4.85. The van der Waals surface area contributed by atoms with Gasteiger partial charge in [-0.1, -0.05) is 11.3 Å². The Morgan fingerprint density at radius 1 is 1.04 bits per heavy atom. The molecule has 0 bridgehead atoms. The summed E-state index contributed by atoms with van der Waals surface area (Å²) in [4.78, 5) is 9.07. The molecule has 2 aromatic carbocycles.